The summed E-state index contributed by atoms with van der Waals surface area (Å²) in [5.41, 5.74) is -0.216. The van der Waals surface area contributed by atoms with Crippen molar-refractivity contribution in [2.45, 2.75) is 45.6 Å². The molecule has 0 radical (unpaired) electrons. The molecule has 0 unspecified atom stereocenters. The summed E-state index contributed by atoms with van der Waals surface area (Å²) in [4.78, 5) is 38.0. The first kappa shape index (κ1) is 19.1. The third-order valence-corrected chi connectivity index (χ3v) is 4.10. The van der Waals surface area contributed by atoms with Crippen molar-refractivity contribution in [1.29, 1.82) is 0 Å². The lowest BCUT2D eigenvalue weighted by molar-refractivity contribution is -0.123. The van der Waals surface area contributed by atoms with Gasteiger partial charge in [-0.05, 0) is 57.9 Å². The summed E-state index contributed by atoms with van der Waals surface area (Å²) in [5, 5.41) is 0. The van der Waals surface area contributed by atoms with E-state index in [0.717, 1.165) is 0 Å². The Morgan fingerprint density at radius 3 is 2.20 bits per heavy atom. The second-order valence-corrected chi connectivity index (χ2v) is 7.31. The molecule has 0 saturated carbocycles. The van der Waals surface area contributed by atoms with Crippen LogP contribution < -0.4 is 0 Å². The van der Waals surface area contributed by atoms with Gasteiger partial charge in [-0.1, -0.05) is 0 Å². The summed E-state index contributed by atoms with van der Waals surface area (Å²) in [7, 11) is 0. The van der Waals surface area contributed by atoms with Crippen molar-refractivity contribution in [1.82, 2.24) is 4.90 Å². The maximum Gasteiger partial charge on any atom is 0.410 e. The minimum absolute atomic E-state index is 0.127. The number of ether oxygens (including phenoxy) is 1. The number of halogens is 1. The first-order valence-electron chi connectivity index (χ1n) is 8.45. The van der Waals surface area contributed by atoms with Crippen LogP contribution >= 0.6 is 0 Å². The summed E-state index contributed by atoms with van der Waals surface area (Å²) in [6.07, 6.45) is 0.479. The third-order valence-electron chi connectivity index (χ3n) is 4.10. The molecule has 1 amide bonds. The van der Waals surface area contributed by atoms with Crippen molar-refractivity contribution in [3.63, 3.8) is 0 Å². The Balaban J connectivity index is 1.84. The van der Waals surface area contributed by atoms with E-state index >= 15 is 0 Å². The third kappa shape index (κ3) is 5.66. The van der Waals surface area contributed by atoms with Crippen molar-refractivity contribution in [2.24, 2.45) is 5.92 Å². The fraction of sp³-hybridized carbons (Fsp3) is 0.526. The molecule has 1 aromatic carbocycles. The molecule has 0 spiro atoms. The largest absolute Gasteiger partial charge is 0.444 e. The fourth-order valence-corrected chi connectivity index (χ4v) is 2.75. The van der Waals surface area contributed by atoms with Crippen LogP contribution in [0.4, 0.5) is 9.18 Å². The topological polar surface area (TPSA) is 63.7 Å². The maximum absolute atomic E-state index is 12.9. The highest BCUT2D eigenvalue weighted by Crippen LogP contribution is 2.22. The van der Waals surface area contributed by atoms with Gasteiger partial charge >= 0.3 is 6.09 Å². The lowest BCUT2D eigenvalue weighted by Gasteiger charge is -2.32. The number of carbonyl (C=O) groups excluding carboxylic acids is 3. The predicted octanol–water partition coefficient (Wildman–Crippen LogP) is 3.61. The molecule has 0 bridgehead atoms. The van der Waals surface area contributed by atoms with E-state index < -0.39 is 11.4 Å². The summed E-state index contributed by atoms with van der Waals surface area (Å²) in [6, 6.07) is 5.18. The van der Waals surface area contributed by atoms with Crippen LogP contribution in [-0.4, -0.2) is 41.3 Å². The molecule has 25 heavy (non-hydrogen) atoms. The molecule has 1 fully saturated rings. The predicted molar refractivity (Wildman–Crippen MR) is 90.9 cm³/mol. The first-order valence-corrected chi connectivity index (χ1v) is 8.45. The normalized spacial score (nSPS) is 15.8. The van der Waals surface area contributed by atoms with Crippen molar-refractivity contribution in [3.8, 4) is 0 Å². The van der Waals surface area contributed by atoms with Gasteiger partial charge in [0.05, 0.1) is 6.42 Å². The fourth-order valence-electron chi connectivity index (χ4n) is 2.75. The van der Waals surface area contributed by atoms with E-state index in [4.69, 9.17) is 4.74 Å². The zero-order valence-corrected chi connectivity index (χ0v) is 14.9. The Morgan fingerprint density at radius 2 is 1.68 bits per heavy atom. The summed E-state index contributed by atoms with van der Waals surface area (Å²) < 4.78 is 18.2. The molecule has 0 atom stereocenters. The second kappa shape index (κ2) is 7.76. The number of carbonyl (C=O) groups is 3. The van der Waals surface area contributed by atoms with Crippen LogP contribution in [0.3, 0.4) is 0 Å². The van der Waals surface area contributed by atoms with Gasteiger partial charge in [-0.3, -0.25) is 9.59 Å². The van der Waals surface area contributed by atoms with E-state index in [2.05, 4.69) is 0 Å². The van der Waals surface area contributed by atoms with Gasteiger partial charge in [0, 0.05) is 24.6 Å². The highest BCUT2D eigenvalue weighted by Gasteiger charge is 2.30. The van der Waals surface area contributed by atoms with Gasteiger partial charge < -0.3 is 9.64 Å². The zero-order valence-electron chi connectivity index (χ0n) is 14.9. The van der Waals surface area contributed by atoms with Crippen molar-refractivity contribution in [3.05, 3.63) is 35.6 Å². The van der Waals surface area contributed by atoms with Crippen LogP contribution in [-0.2, 0) is 9.53 Å². The number of rotatable bonds is 4. The number of benzene rings is 1. The van der Waals surface area contributed by atoms with Gasteiger partial charge in [-0.2, -0.15) is 0 Å². The number of piperidine rings is 1. The van der Waals surface area contributed by atoms with E-state index in [1.165, 1.54) is 24.3 Å². The van der Waals surface area contributed by atoms with E-state index in [1.54, 1.807) is 4.90 Å². The van der Waals surface area contributed by atoms with Crippen LogP contribution in [0.25, 0.3) is 0 Å². The van der Waals surface area contributed by atoms with Gasteiger partial charge in [0.2, 0.25) is 0 Å². The number of hydrogen-bond acceptors (Lipinski definition) is 4. The molecule has 6 heteroatoms. The SMILES string of the molecule is CC(C)(C)OC(=O)N1CCC(C(=O)CC(=O)c2ccc(F)cc2)CC1. The van der Waals surface area contributed by atoms with E-state index in [9.17, 15) is 18.8 Å². The number of Topliss-reactive ketones (excluding diaryl/α,β-unsaturated/α-hetero) is 2. The van der Waals surface area contributed by atoms with Gasteiger partial charge in [-0.25, -0.2) is 9.18 Å². The molecule has 1 aliphatic rings. The van der Waals surface area contributed by atoms with Crippen molar-refractivity contribution >= 4 is 17.7 Å². The van der Waals surface area contributed by atoms with E-state index in [-0.39, 0.29) is 30.0 Å². The van der Waals surface area contributed by atoms with Gasteiger partial charge in [0.15, 0.2) is 5.78 Å². The standard InChI is InChI=1S/C19H24FNO4/c1-19(2,3)25-18(24)21-10-8-14(9-11-21)17(23)12-16(22)13-4-6-15(20)7-5-13/h4-7,14H,8-12H2,1-3H3. The molecule has 1 aliphatic heterocycles. The molecule has 0 aliphatic carbocycles. The average Bonchev–Trinajstić information content (AvgIpc) is 2.54. The molecule has 0 aromatic heterocycles. The van der Waals surface area contributed by atoms with Crippen LogP contribution in [0.1, 0.15) is 50.4 Å². The lowest BCUT2D eigenvalue weighted by atomic mass is 9.89. The molecular formula is C19H24FNO4. The Labute approximate surface area is 147 Å². The molecule has 1 heterocycles. The number of ketones is 2. The monoisotopic (exact) mass is 349 g/mol. The van der Waals surface area contributed by atoms with Crippen LogP contribution in [0.15, 0.2) is 24.3 Å². The molecule has 136 valence electrons. The quantitative estimate of drug-likeness (QED) is 0.615. The maximum atomic E-state index is 12.9. The minimum Gasteiger partial charge on any atom is -0.444 e. The lowest BCUT2D eigenvalue weighted by Crippen LogP contribution is -2.43. The highest BCUT2D eigenvalue weighted by molar-refractivity contribution is 6.08. The molecule has 1 aromatic rings. The van der Waals surface area contributed by atoms with Gasteiger partial charge in [0.25, 0.3) is 0 Å². The van der Waals surface area contributed by atoms with Crippen LogP contribution in [0.2, 0.25) is 0 Å². The van der Waals surface area contributed by atoms with E-state index in [1.807, 2.05) is 20.8 Å². The highest BCUT2D eigenvalue weighted by atomic mass is 19.1. The molecular weight excluding hydrogens is 325 g/mol. The Morgan fingerprint density at radius 1 is 1.12 bits per heavy atom. The Kier molecular flexibility index (Phi) is 5.93. The Hall–Kier alpha value is -2.24. The molecule has 0 N–H and O–H groups in total. The number of nitrogens with zero attached hydrogens (tertiary/aromatic N) is 1. The summed E-state index contributed by atoms with van der Waals surface area (Å²) in [6.45, 7) is 6.30. The molecule has 1 saturated heterocycles. The summed E-state index contributed by atoms with van der Waals surface area (Å²) >= 11 is 0. The molecule has 2 rings (SSSR count). The first-order chi connectivity index (χ1) is 11.7. The van der Waals surface area contributed by atoms with Crippen LogP contribution in [0.5, 0.6) is 0 Å². The minimum atomic E-state index is -0.550. The summed E-state index contributed by atoms with van der Waals surface area (Å²) in [5.74, 6) is -1.08. The number of likely N-dealkylation sites (tertiary alicyclic amines) is 1. The zero-order chi connectivity index (χ0) is 18.6. The molecule has 5 nitrogen and oxygen atoms in total. The van der Waals surface area contributed by atoms with Gasteiger partial charge in [0.1, 0.15) is 17.2 Å². The van der Waals surface area contributed by atoms with E-state index in [0.29, 0.717) is 31.5 Å². The Bertz CT molecular complexity index is 640. The van der Waals surface area contributed by atoms with Crippen molar-refractivity contribution < 1.29 is 23.5 Å². The van der Waals surface area contributed by atoms with Crippen LogP contribution in [0, 0.1) is 11.7 Å². The van der Waals surface area contributed by atoms with Crippen molar-refractivity contribution in [2.75, 3.05) is 13.1 Å². The average molecular weight is 349 g/mol. The number of hydrogen-bond donors (Lipinski definition) is 0. The smallest absolute Gasteiger partial charge is 0.410 e. The second-order valence-electron chi connectivity index (χ2n) is 7.31. The number of amides is 1. The van der Waals surface area contributed by atoms with Gasteiger partial charge in [-0.15, -0.1) is 0 Å².